The molecule has 6 heteroatoms. The number of aryl methyl sites for hydroxylation is 1. The molecule has 0 saturated carbocycles. The van der Waals surface area contributed by atoms with Crippen LogP contribution < -0.4 is 5.73 Å². The molecule has 0 aromatic carbocycles. The van der Waals surface area contributed by atoms with Crippen LogP contribution in [0, 0.1) is 5.92 Å². The standard InChI is InChI=1S/C11H22N6/c1-3-5-17-11(13-14-15-17)8-16-6-4-10(7-16)9(2)12/h9-10H,3-8,12H2,1-2H3. The average Bonchev–Trinajstić information content (AvgIpc) is 2.90. The third-order valence-corrected chi connectivity index (χ3v) is 3.46. The number of aromatic nitrogens is 4. The monoisotopic (exact) mass is 238 g/mol. The summed E-state index contributed by atoms with van der Waals surface area (Å²) in [5.74, 6) is 1.59. The third-order valence-electron chi connectivity index (χ3n) is 3.46. The molecular formula is C11H22N6. The van der Waals surface area contributed by atoms with Crippen LogP contribution in [-0.2, 0) is 13.1 Å². The summed E-state index contributed by atoms with van der Waals surface area (Å²) in [5, 5.41) is 11.9. The summed E-state index contributed by atoms with van der Waals surface area (Å²) in [6.45, 7) is 8.13. The van der Waals surface area contributed by atoms with Gasteiger partial charge in [-0.05, 0) is 42.7 Å². The highest BCUT2D eigenvalue weighted by molar-refractivity contribution is 4.86. The molecule has 1 saturated heterocycles. The lowest BCUT2D eigenvalue weighted by molar-refractivity contribution is 0.293. The Bertz CT molecular complexity index is 347. The van der Waals surface area contributed by atoms with Gasteiger partial charge in [0, 0.05) is 19.1 Å². The minimum Gasteiger partial charge on any atom is -0.328 e. The van der Waals surface area contributed by atoms with Gasteiger partial charge in [0.2, 0.25) is 0 Å². The van der Waals surface area contributed by atoms with Crippen LogP contribution in [0.1, 0.15) is 32.5 Å². The van der Waals surface area contributed by atoms with E-state index in [0.717, 1.165) is 38.4 Å². The summed E-state index contributed by atoms with van der Waals surface area (Å²) < 4.78 is 1.90. The molecule has 1 aliphatic heterocycles. The Morgan fingerprint density at radius 3 is 3.00 bits per heavy atom. The summed E-state index contributed by atoms with van der Waals surface area (Å²) >= 11 is 0. The maximum Gasteiger partial charge on any atom is 0.165 e. The first kappa shape index (κ1) is 12.4. The summed E-state index contributed by atoms with van der Waals surface area (Å²) in [4.78, 5) is 2.39. The lowest BCUT2D eigenvalue weighted by Gasteiger charge is -2.17. The second kappa shape index (κ2) is 5.55. The van der Waals surface area contributed by atoms with Crippen LogP contribution in [0.3, 0.4) is 0 Å². The van der Waals surface area contributed by atoms with Gasteiger partial charge in [0.05, 0.1) is 6.54 Å². The van der Waals surface area contributed by atoms with Crippen LogP contribution in [0.5, 0.6) is 0 Å². The van der Waals surface area contributed by atoms with Crippen molar-refractivity contribution in [3.05, 3.63) is 5.82 Å². The smallest absolute Gasteiger partial charge is 0.165 e. The summed E-state index contributed by atoms with van der Waals surface area (Å²) in [6.07, 6.45) is 2.24. The molecule has 2 atom stereocenters. The van der Waals surface area contributed by atoms with Gasteiger partial charge in [-0.2, -0.15) is 0 Å². The van der Waals surface area contributed by atoms with E-state index in [0.29, 0.717) is 5.92 Å². The molecule has 96 valence electrons. The van der Waals surface area contributed by atoms with Crippen molar-refractivity contribution in [2.24, 2.45) is 11.7 Å². The molecule has 2 unspecified atom stereocenters. The Morgan fingerprint density at radius 2 is 2.35 bits per heavy atom. The number of nitrogens with zero attached hydrogens (tertiary/aromatic N) is 5. The number of hydrogen-bond acceptors (Lipinski definition) is 5. The molecule has 0 aliphatic carbocycles. The van der Waals surface area contributed by atoms with E-state index in [2.05, 4.69) is 34.3 Å². The van der Waals surface area contributed by atoms with Gasteiger partial charge in [-0.25, -0.2) is 4.68 Å². The normalized spacial score (nSPS) is 23.1. The van der Waals surface area contributed by atoms with Crippen LogP contribution in [0.25, 0.3) is 0 Å². The van der Waals surface area contributed by atoms with Gasteiger partial charge in [-0.3, -0.25) is 4.90 Å². The van der Waals surface area contributed by atoms with E-state index >= 15 is 0 Å². The molecule has 0 bridgehead atoms. The van der Waals surface area contributed by atoms with Crippen molar-refractivity contribution in [2.75, 3.05) is 13.1 Å². The molecule has 2 N–H and O–H groups in total. The highest BCUT2D eigenvalue weighted by Crippen LogP contribution is 2.19. The number of rotatable bonds is 5. The number of nitrogens with two attached hydrogens (primary N) is 1. The highest BCUT2D eigenvalue weighted by atomic mass is 15.5. The fourth-order valence-electron chi connectivity index (χ4n) is 2.36. The van der Waals surface area contributed by atoms with Crippen LogP contribution in [0.15, 0.2) is 0 Å². The Labute approximate surface area is 102 Å². The van der Waals surface area contributed by atoms with Gasteiger partial charge in [0.25, 0.3) is 0 Å². The fraction of sp³-hybridized carbons (Fsp3) is 0.909. The van der Waals surface area contributed by atoms with Crippen LogP contribution in [0.2, 0.25) is 0 Å². The van der Waals surface area contributed by atoms with E-state index in [1.807, 2.05) is 4.68 Å². The summed E-state index contributed by atoms with van der Waals surface area (Å²) in [7, 11) is 0. The van der Waals surface area contributed by atoms with Crippen molar-refractivity contribution in [3.8, 4) is 0 Å². The summed E-state index contributed by atoms with van der Waals surface area (Å²) in [6, 6.07) is 0.284. The first-order valence-electron chi connectivity index (χ1n) is 6.43. The number of likely N-dealkylation sites (tertiary alicyclic amines) is 1. The molecule has 2 rings (SSSR count). The Morgan fingerprint density at radius 1 is 1.53 bits per heavy atom. The Kier molecular flexibility index (Phi) is 4.06. The molecule has 0 amide bonds. The lowest BCUT2D eigenvalue weighted by Crippen LogP contribution is -2.30. The minimum atomic E-state index is 0.284. The second-order valence-corrected chi connectivity index (χ2v) is 4.96. The van der Waals surface area contributed by atoms with E-state index in [1.165, 1.54) is 6.42 Å². The molecule has 0 radical (unpaired) electrons. The van der Waals surface area contributed by atoms with Gasteiger partial charge in [0.1, 0.15) is 0 Å². The molecule has 17 heavy (non-hydrogen) atoms. The predicted octanol–water partition coefficient (Wildman–Crippen LogP) is 0.252. The number of hydrogen-bond donors (Lipinski definition) is 1. The molecule has 1 aromatic heterocycles. The van der Waals surface area contributed by atoms with Crippen molar-refractivity contribution in [3.63, 3.8) is 0 Å². The molecule has 0 spiro atoms. The van der Waals surface area contributed by atoms with Crippen molar-refractivity contribution < 1.29 is 0 Å². The van der Waals surface area contributed by atoms with Crippen LogP contribution in [0.4, 0.5) is 0 Å². The van der Waals surface area contributed by atoms with Crippen LogP contribution >= 0.6 is 0 Å². The van der Waals surface area contributed by atoms with Crippen molar-refractivity contribution in [1.82, 2.24) is 25.1 Å². The van der Waals surface area contributed by atoms with Gasteiger partial charge < -0.3 is 5.73 Å². The Balaban J connectivity index is 1.91. The van der Waals surface area contributed by atoms with E-state index in [4.69, 9.17) is 5.73 Å². The second-order valence-electron chi connectivity index (χ2n) is 4.96. The van der Waals surface area contributed by atoms with E-state index in [9.17, 15) is 0 Å². The molecule has 1 aromatic rings. The SMILES string of the molecule is CCCn1nnnc1CN1CCC(C(C)N)C1. The fourth-order valence-corrected chi connectivity index (χ4v) is 2.36. The molecule has 1 aliphatic rings. The molecule has 1 fully saturated rings. The predicted molar refractivity (Wildman–Crippen MR) is 65.1 cm³/mol. The molecule has 2 heterocycles. The van der Waals surface area contributed by atoms with Crippen molar-refractivity contribution >= 4 is 0 Å². The maximum absolute atomic E-state index is 5.94. The van der Waals surface area contributed by atoms with Crippen LogP contribution in [-0.4, -0.2) is 44.2 Å². The quantitative estimate of drug-likeness (QED) is 0.796. The van der Waals surface area contributed by atoms with Gasteiger partial charge in [-0.1, -0.05) is 6.92 Å². The van der Waals surface area contributed by atoms with Crippen molar-refractivity contribution in [1.29, 1.82) is 0 Å². The topological polar surface area (TPSA) is 72.9 Å². The first-order chi connectivity index (χ1) is 8.20. The van der Waals surface area contributed by atoms with E-state index in [-0.39, 0.29) is 6.04 Å². The Hall–Kier alpha value is -1.01. The lowest BCUT2D eigenvalue weighted by atomic mass is 10.0. The van der Waals surface area contributed by atoms with Gasteiger partial charge in [0.15, 0.2) is 5.82 Å². The van der Waals surface area contributed by atoms with Crippen molar-refractivity contribution in [2.45, 2.75) is 45.8 Å². The average molecular weight is 238 g/mol. The molecular weight excluding hydrogens is 216 g/mol. The minimum absolute atomic E-state index is 0.284. The van der Waals surface area contributed by atoms with E-state index < -0.39 is 0 Å². The third kappa shape index (κ3) is 3.01. The largest absolute Gasteiger partial charge is 0.328 e. The van der Waals surface area contributed by atoms with E-state index in [1.54, 1.807) is 0 Å². The van der Waals surface area contributed by atoms with Gasteiger partial charge in [-0.15, -0.1) is 5.10 Å². The number of tetrazole rings is 1. The zero-order valence-electron chi connectivity index (χ0n) is 10.7. The zero-order chi connectivity index (χ0) is 12.3. The maximum atomic E-state index is 5.94. The summed E-state index contributed by atoms with van der Waals surface area (Å²) in [5.41, 5.74) is 5.94. The zero-order valence-corrected chi connectivity index (χ0v) is 10.7. The first-order valence-corrected chi connectivity index (χ1v) is 6.43. The molecule has 6 nitrogen and oxygen atoms in total. The highest BCUT2D eigenvalue weighted by Gasteiger charge is 2.26. The van der Waals surface area contributed by atoms with Gasteiger partial charge >= 0.3 is 0 Å².